The van der Waals surface area contributed by atoms with Gasteiger partial charge in [0.1, 0.15) is 0 Å². The summed E-state index contributed by atoms with van der Waals surface area (Å²) in [6, 6.07) is 0. The van der Waals surface area contributed by atoms with Crippen molar-refractivity contribution in [2.24, 2.45) is 0 Å². The zero-order valence-electron chi connectivity index (χ0n) is 1.60. The molecule has 0 aromatic carbocycles. The maximum atomic E-state index is 8.33. The minimum atomic E-state index is 0.333. The Kier molecular flexibility index (Phi) is 43.2. The summed E-state index contributed by atoms with van der Waals surface area (Å²) in [5, 5.41) is 0. The third-order valence-electron chi connectivity index (χ3n) is 0. The summed E-state index contributed by atoms with van der Waals surface area (Å²) in [5.74, 6) is 0. The normalized spacial score (nSPS) is 2.00. The third kappa shape index (κ3) is 8.82. The fourth-order valence-corrected chi connectivity index (χ4v) is 0. The summed E-state index contributed by atoms with van der Waals surface area (Å²) in [7, 11) is 0. The van der Waals surface area contributed by atoms with E-state index in [1.165, 1.54) is 0 Å². The molecule has 0 aliphatic carbocycles. The molecule has 0 radical (unpaired) electrons. The molecule has 0 aliphatic heterocycles. The SMILES string of the molecule is [O]=[Eu].[O]=[Sm]. The second-order valence-corrected chi connectivity index (χ2v) is 0. The molecule has 4 heavy (non-hydrogen) atoms. The van der Waals surface area contributed by atoms with Gasteiger partial charge in [0.05, 0.1) is 0 Å². The van der Waals surface area contributed by atoms with Crippen LogP contribution >= 0.6 is 0 Å². The first-order valence-electron chi connectivity index (χ1n) is 0.321. The van der Waals surface area contributed by atoms with Crippen molar-refractivity contribution in [2.75, 3.05) is 0 Å². The van der Waals surface area contributed by atoms with Crippen LogP contribution in [0.3, 0.4) is 0 Å². The average molecular weight is 334 g/mol. The molecule has 0 unspecified atom stereocenters. The molecule has 0 heterocycles. The predicted octanol–water partition coefficient (Wildman–Crippen LogP) is -0.238. The van der Waals surface area contributed by atoms with E-state index < -0.39 is 0 Å². The molecule has 0 aromatic heterocycles. The van der Waals surface area contributed by atoms with Crippen molar-refractivity contribution in [3.8, 4) is 0 Å². The van der Waals surface area contributed by atoms with E-state index in [0.29, 0.717) is 85.6 Å². The van der Waals surface area contributed by atoms with Crippen LogP contribution < -0.4 is 0 Å². The molecule has 4 heteroatoms. The Bertz CT molecular complexity index is 8.00. The van der Waals surface area contributed by atoms with Gasteiger partial charge in [-0.05, 0) is 0 Å². The number of hydrogen-bond acceptors (Lipinski definition) is 2. The van der Waals surface area contributed by atoms with Crippen molar-refractivity contribution in [3.63, 3.8) is 0 Å². The number of hydrogen-bond donors (Lipinski definition) is 0. The van der Waals surface area contributed by atoms with E-state index >= 15 is 0 Å². The first kappa shape index (κ1) is 9.73. The van der Waals surface area contributed by atoms with Crippen LogP contribution in [0.1, 0.15) is 0 Å². The standard InChI is InChI=1S/Eu.2O.Sm. The molecule has 0 amide bonds. The van der Waals surface area contributed by atoms with Gasteiger partial charge in [0, 0.05) is 0 Å². The van der Waals surface area contributed by atoms with Crippen LogP contribution in [0.25, 0.3) is 0 Å². The Morgan fingerprint density at radius 2 is 1.25 bits per heavy atom. The zero-order chi connectivity index (χ0) is 4.00. The van der Waals surface area contributed by atoms with Crippen LogP contribution in [-0.2, 0) is 1.08 Å². The first-order chi connectivity index (χ1) is 2.00. The Labute approximate surface area is 84.0 Å². The zero-order valence-corrected chi connectivity index (χ0v) is 6.65. The van der Waals surface area contributed by atoms with Crippen LogP contribution in [0.2, 0.25) is 0 Å². The second kappa shape index (κ2) is 17.8. The molecule has 0 aliphatic rings. The summed E-state index contributed by atoms with van der Waals surface area (Å²) in [6.07, 6.45) is 0. The van der Waals surface area contributed by atoms with Crippen LogP contribution in [-0.4, -0.2) is 0 Å². The van der Waals surface area contributed by atoms with Gasteiger partial charge in [-0.3, -0.25) is 0 Å². The molecule has 0 N–H and O–H groups in total. The van der Waals surface area contributed by atoms with E-state index in [-0.39, 0.29) is 0 Å². The number of rotatable bonds is 0. The van der Waals surface area contributed by atoms with E-state index in [2.05, 4.69) is 0 Å². The Hall–Kier alpha value is 2.52. The average Bonchev–Trinajstić information content (AvgIpc) is 1.50. The van der Waals surface area contributed by atoms with E-state index in [1.807, 2.05) is 0 Å². The fraction of sp³-hybridized carbons (Fsp3) is 0. The van der Waals surface area contributed by atoms with Crippen molar-refractivity contribution in [2.45, 2.75) is 0 Å². The van der Waals surface area contributed by atoms with Gasteiger partial charge in [0.25, 0.3) is 0 Å². The molecule has 0 saturated carbocycles. The van der Waals surface area contributed by atoms with Gasteiger partial charge in [0.15, 0.2) is 0 Å². The van der Waals surface area contributed by atoms with E-state index in [9.17, 15) is 0 Å². The van der Waals surface area contributed by atoms with Gasteiger partial charge in [-0.15, -0.1) is 0 Å². The summed E-state index contributed by atoms with van der Waals surface area (Å²) in [4.78, 5) is 0. The second-order valence-electron chi connectivity index (χ2n) is 0. The molecule has 0 spiro atoms. The topological polar surface area (TPSA) is 34.1 Å². The molecule has 2 nitrogen and oxygen atoms in total. The Morgan fingerprint density at radius 1 is 1.25 bits per heavy atom. The maximum absolute atomic E-state index is 8.33. The monoisotopic (exact) mass is 337 g/mol. The molecule has 25 valence electrons. The third-order valence-corrected chi connectivity index (χ3v) is 0. The summed E-state index contributed by atoms with van der Waals surface area (Å²) in [5.41, 5.74) is 0. The Balaban J connectivity index is 0. The van der Waals surface area contributed by atoms with Crippen molar-refractivity contribution in [1.29, 1.82) is 0 Å². The molecule has 0 aromatic rings. The van der Waals surface area contributed by atoms with Crippen LogP contribution in [0, 0.1) is 85.6 Å². The Morgan fingerprint density at radius 3 is 1.25 bits per heavy atom. The molecule has 0 saturated heterocycles. The molecular formula is EuO2Sm. The summed E-state index contributed by atoms with van der Waals surface area (Å²) in [6.45, 7) is 0. The quantitative estimate of drug-likeness (QED) is 0.613. The van der Waals surface area contributed by atoms with Gasteiger partial charge in [-0.2, -0.15) is 0 Å². The first-order valence-corrected chi connectivity index (χ1v) is 2.38. The van der Waals surface area contributed by atoms with E-state index in [1.54, 1.807) is 0 Å². The van der Waals surface area contributed by atoms with Crippen LogP contribution in [0.4, 0.5) is 0 Å². The molecule has 0 bridgehead atoms. The van der Waals surface area contributed by atoms with Gasteiger partial charge in [-0.1, -0.05) is 0 Å². The minimum absolute atomic E-state index is 0.333. The van der Waals surface area contributed by atoms with Gasteiger partial charge in [-0.25, -0.2) is 0 Å². The van der Waals surface area contributed by atoms with Gasteiger partial charge >= 0.3 is 86.7 Å². The summed E-state index contributed by atoms with van der Waals surface area (Å²) >= 11 is 0.806. The molecular weight excluding hydrogens is 334 g/mol. The molecule has 0 rings (SSSR count). The van der Waals surface area contributed by atoms with Crippen LogP contribution in [0.5, 0.6) is 0 Å². The molecule has 0 atom stereocenters. The fourth-order valence-electron chi connectivity index (χ4n) is 0. The van der Waals surface area contributed by atoms with Gasteiger partial charge in [0.2, 0.25) is 0 Å². The van der Waals surface area contributed by atoms with Crippen molar-refractivity contribution in [3.05, 3.63) is 0 Å². The van der Waals surface area contributed by atoms with Crippen molar-refractivity contribution >= 4 is 0 Å². The van der Waals surface area contributed by atoms with E-state index in [0.717, 1.165) is 0 Å². The van der Waals surface area contributed by atoms with E-state index in [4.69, 9.17) is 1.08 Å². The predicted molar refractivity (Wildman–Crippen MR) is 1.37 cm³/mol. The van der Waals surface area contributed by atoms with Crippen molar-refractivity contribution < 1.29 is 86.7 Å². The van der Waals surface area contributed by atoms with Crippen molar-refractivity contribution in [1.82, 2.24) is 0 Å². The van der Waals surface area contributed by atoms with Gasteiger partial charge < -0.3 is 0 Å². The summed E-state index contributed by atoms with van der Waals surface area (Å²) < 4.78 is 16.6. The molecule has 0 fully saturated rings. The van der Waals surface area contributed by atoms with Crippen LogP contribution in [0.15, 0.2) is 0 Å².